The van der Waals surface area contributed by atoms with Gasteiger partial charge in [-0.15, -0.1) is 0 Å². The summed E-state index contributed by atoms with van der Waals surface area (Å²) in [6.07, 6.45) is 3.90. The Morgan fingerprint density at radius 1 is 1.05 bits per heavy atom. The Morgan fingerprint density at radius 2 is 1.59 bits per heavy atom. The van der Waals surface area contributed by atoms with Crippen molar-refractivity contribution in [3.63, 3.8) is 0 Å². The lowest BCUT2D eigenvalue weighted by molar-refractivity contribution is -0.136. The number of amides is 1. The van der Waals surface area contributed by atoms with Crippen molar-refractivity contribution in [3.05, 3.63) is 0 Å². The van der Waals surface area contributed by atoms with E-state index in [-0.39, 0.29) is 6.04 Å². The van der Waals surface area contributed by atoms with Gasteiger partial charge >= 0.3 is 0 Å². The number of likely N-dealkylation sites (tertiary alicyclic amines) is 1. The average molecular weight is 311 g/mol. The molecule has 1 amide bonds. The Hall–Kier alpha value is -0.650. The van der Waals surface area contributed by atoms with E-state index >= 15 is 0 Å². The Bertz CT molecular complexity index is 357. The highest BCUT2D eigenvalue weighted by Crippen LogP contribution is 2.19. The van der Waals surface area contributed by atoms with Crippen molar-refractivity contribution >= 4 is 5.91 Å². The molecular formula is C17H33N3O2. The third-order valence-electron chi connectivity index (χ3n) is 5.56. The molecule has 0 saturated carbocycles. The van der Waals surface area contributed by atoms with Crippen molar-refractivity contribution in [1.82, 2.24) is 14.7 Å². The molecule has 0 aromatic rings. The van der Waals surface area contributed by atoms with Gasteiger partial charge in [-0.2, -0.15) is 0 Å². The number of piperazine rings is 1. The van der Waals surface area contributed by atoms with Crippen LogP contribution in [0.4, 0.5) is 0 Å². The van der Waals surface area contributed by atoms with Gasteiger partial charge in [0.25, 0.3) is 0 Å². The quantitative estimate of drug-likeness (QED) is 0.800. The fourth-order valence-electron chi connectivity index (χ4n) is 3.56. The van der Waals surface area contributed by atoms with Gasteiger partial charge in [0.15, 0.2) is 0 Å². The molecule has 2 aliphatic rings. The van der Waals surface area contributed by atoms with Crippen LogP contribution in [-0.4, -0.2) is 83.2 Å². The Labute approximate surface area is 135 Å². The summed E-state index contributed by atoms with van der Waals surface area (Å²) in [7, 11) is 0. The minimum Gasteiger partial charge on any atom is -0.389 e. The first kappa shape index (κ1) is 17.7. The molecule has 5 heteroatoms. The predicted octanol–water partition coefficient (Wildman–Crippen LogP) is 1.17. The summed E-state index contributed by atoms with van der Waals surface area (Å²) in [4.78, 5) is 19.1. The number of β-amino-alcohol motifs (C(OH)–C–C–N with tert-alkyl or cyclic N) is 1. The molecule has 128 valence electrons. The van der Waals surface area contributed by atoms with Crippen molar-refractivity contribution in [2.24, 2.45) is 0 Å². The SMILES string of the molecule is CCC(O)(CC)CN1CCN(C(C)C(=O)N2CCCC2)CC1. The van der Waals surface area contributed by atoms with E-state index in [0.29, 0.717) is 5.91 Å². The van der Waals surface area contributed by atoms with Crippen LogP contribution in [0.25, 0.3) is 0 Å². The second-order valence-corrected chi connectivity index (χ2v) is 6.95. The van der Waals surface area contributed by atoms with Gasteiger partial charge in [-0.3, -0.25) is 14.6 Å². The van der Waals surface area contributed by atoms with Crippen LogP contribution in [-0.2, 0) is 4.79 Å². The van der Waals surface area contributed by atoms with Gasteiger partial charge in [-0.25, -0.2) is 0 Å². The van der Waals surface area contributed by atoms with Crippen LogP contribution in [0.1, 0.15) is 46.5 Å². The molecule has 2 aliphatic heterocycles. The number of aliphatic hydroxyl groups is 1. The maximum absolute atomic E-state index is 12.5. The number of hydrogen-bond donors (Lipinski definition) is 1. The summed E-state index contributed by atoms with van der Waals surface area (Å²) < 4.78 is 0. The second kappa shape index (κ2) is 7.75. The van der Waals surface area contributed by atoms with E-state index in [1.165, 1.54) is 0 Å². The summed E-state index contributed by atoms with van der Waals surface area (Å²) in [6, 6.07) is -0.00326. The molecule has 1 N–H and O–H groups in total. The third kappa shape index (κ3) is 4.21. The molecule has 0 aliphatic carbocycles. The molecule has 0 spiro atoms. The lowest BCUT2D eigenvalue weighted by Crippen LogP contribution is -2.56. The lowest BCUT2D eigenvalue weighted by Gasteiger charge is -2.41. The molecule has 1 unspecified atom stereocenters. The summed E-state index contributed by atoms with van der Waals surface area (Å²) in [6.45, 7) is 12.5. The van der Waals surface area contributed by atoms with Crippen molar-refractivity contribution in [2.45, 2.75) is 58.1 Å². The third-order valence-corrected chi connectivity index (χ3v) is 5.56. The van der Waals surface area contributed by atoms with Crippen molar-refractivity contribution < 1.29 is 9.90 Å². The van der Waals surface area contributed by atoms with Gasteiger partial charge in [0.05, 0.1) is 11.6 Å². The molecule has 0 aromatic heterocycles. The largest absolute Gasteiger partial charge is 0.389 e. The standard InChI is InChI=1S/C17H33N3O2/c1-4-17(22,5-2)14-18-10-12-19(13-11-18)15(3)16(21)20-8-6-7-9-20/h15,22H,4-14H2,1-3H3. The smallest absolute Gasteiger partial charge is 0.239 e. The summed E-state index contributed by atoms with van der Waals surface area (Å²) in [5, 5.41) is 10.5. The highest BCUT2D eigenvalue weighted by atomic mass is 16.3. The van der Waals surface area contributed by atoms with Crippen LogP contribution in [0.15, 0.2) is 0 Å². The fraction of sp³-hybridized carbons (Fsp3) is 0.941. The summed E-state index contributed by atoms with van der Waals surface area (Å²) in [5.41, 5.74) is -0.556. The molecule has 0 aromatic carbocycles. The van der Waals surface area contributed by atoms with E-state index in [1.54, 1.807) is 0 Å². The fourth-order valence-corrected chi connectivity index (χ4v) is 3.56. The van der Waals surface area contributed by atoms with Crippen LogP contribution >= 0.6 is 0 Å². The first-order valence-electron chi connectivity index (χ1n) is 8.96. The first-order valence-corrected chi connectivity index (χ1v) is 8.96. The summed E-state index contributed by atoms with van der Waals surface area (Å²) in [5.74, 6) is 0.296. The van der Waals surface area contributed by atoms with E-state index in [0.717, 1.165) is 71.5 Å². The van der Waals surface area contributed by atoms with Gasteiger partial charge in [-0.05, 0) is 32.6 Å². The average Bonchev–Trinajstić information content (AvgIpc) is 3.08. The molecule has 2 fully saturated rings. The predicted molar refractivity (Wildman–Crippen MR) is 88.8 cm³/mol. The van der Waals surface area contributed by atoms with E-state index < -0.39 is 5.60 Å². The number of carbonyl (C=O) groups is 1. The number of nitrogens with zero attached hydrogens (tertiary/aromatic N) is 3. The topological polar surface area (TPSA) is 47.0 Å². The Kier molecular flexibility index (Phi) is 6.24. The van der Waals surface area contributed by atoms with Gasteiger partial charge < -0.3 is 10.0 Å². The van der Waals surface area contributed by atoms with Gasteiger partial charge in [0.2, 0.25) is 5.91 Å². The second-order valence-electron chi connectivity index (χ2n) is 6.95. The molecule has 2 heterocycles. The first-order chi connectivity index (χ1) is 10.5. The monoisotopic (exact) mass is 311 g/mol. The minimum atomic E-state index is -0.556. The van der Waals surface area contributed by atoms with E-state index in [1.807, 2.05) is 11.8 Å². The Morgan fingerprint density at radius 3 is 2.09 bits per heavy atom. The van der Waals surface area contributed by atoms with Crippen molar-refractivity contribution in [3.8, 4) is 0 Å². The highest BCUT2D eigenvalue weighted by molar-refractivity contribution is 5.81. The molecule has 5 nitrogen and oxygen atoms in total. The van der Waals surface area contributed by atoms with Crippen LogP contribution in [0.3, 0.4) is 0 Å². The molecule has 0 bridgehead atoms. The number of rotatable bonds is 6. The summed E-state index contributed by atoms with van der Waals surface area (Å²) >= 11 is 0. The van der Waals surface area contributed by atoms with Crippen LogP contribution in [0.2, 0.25) is 0 Å². The highest BCUT2D eigenvalue weighted by Gasteiger charge is 2.32. The minimum absolute atomic E-state index is 0.00326. The van der Waals surface area contributed by atoms with E-state index in [2.05, 4.69) is 23.6 Å². The van der Waals surface area contributed by atoms with Crippen LogP contribution in [0.5, 0.6) is 0 Å². The molecule has 0 radical (unpaired) electrons. The zero-order valence-corrected chi connectivity index (χ0v) is 14.6. The van der Waals surface area contributed by atoms with Crippen molar-refractivity contribution in [2.75, 3.05) is 45.8 Å². The van der Waals surface area contributed by atoms with E-state index in [9.17, 15) is 9.90 Å². The van der Waals surface area contributed by atoms with Crippen LogP contribution < -0.4 is 0 Å². The molecule has 1 atom stereocenters. The van der Waals surface area contributed by atoms with E-state index in [4.69, 9.17) is 0 Å². The zero-order valence-electron chi connectivity index (χ0n) is 14.6. The molecule has 2 rings (SSSR count). The number of carbonyl (C=O) groups excluding carboxylic acids is 1. The molecule has 2 saturated heterocycles. The molecule has 22 heavy (non-hydrogen) atoms. The number of hydrogen-bond acceptors (Lipinski definition) is 4. The molecular weight excluding hydrogens is 278 g/mol. The maximum Gasteiger partial charge on any atom is 0.239 e. The Balaban J connectivity index is 1.80. The normalized spacial score (nSPS) is 23.0. The lowest BCUT2D eigenvalue weighted by atomic mass is 9.96. The maximum atomic E-state index is 12.5. The van der Waals surface area contributed by atoms with Gasteiger partial charge in [0, 0.05) is 45.8 Å². The van der Waals surface area contributed by atoms with Gasteiger partial charge in [0.1, 0.15) is 0 Å². The van der Waals surface area contributed by atoms with Crippen LogP contribution in [0, 0.1) is 0 Å². The van der Waals surface area contributed by atoms with Gasteiger partial charge in [-0.1, -0.05) is 13.8 Å². The van der Waals surface area contributed by atoms with Crippen molar-refractivity contribution in [1.29, 1.82) is 0 Å². The zero-order chi connectivity index (χ0) is 16.2.